The number of para-hydroxylation sites is 1. The fourth-order valence-electron chi connectivity index (χ4n) is 2.71. The molecule has 1 aromatic rings. The van der Waals surface area contributed by atoms with Crippen LogP contribution in [0.4, 0.5) is 0 Å². The number of ether oxygens (including phenoxy) is 1. The van der Waals surface area contributed by atoms with Gasteiger partial charge in [-0.15, -0.1) is 0 Å². The molecule has 6 heteroatoms. The van der Waals surface area contributed by atoms with Gasteiger partial charge in [-0.25, -0.2) is 8.42 Å². The third-order valence-electron chi connectivity index (χ3n) is 4.07. The fourth-order valence-corrected chi connectivity index (χ4v) is 4.61. The van der Waals surface area contributed by atoms with Gasteiger partial charge in [0.25, 0.3) is 0 Å². The van der Waals surface area contributed by atoms with Crippen LogP contribution in [0.25, 0.3) is 0 Å². The Labute approximate surface area is 127 Å². The topological polar surface area (TPSA) is 58.6 Å². The summed E-state index contributed by atoms with van der Waals surface area (Å²) in [5.74, 6) is 0.402. The van der Waals surface area contributed by atoms with Crippen LogP contribution in [0.3, 0.4) is 0 Å². The number of sulfonamides is 1. The molecule has 1 fully saturated rings. The lowest BCUT2D eigenvalue weighted by Gasteiger charge is -2.39. The van der Waals surface area contributed by atoms with Crippen molar-refractivity contribution in [3.05, 3.63) is 24.3 Å². The summed E-state index contributed by atoms with van der Waals surface area (Å²) in [5.41, 5.74) is 0. The Morgan fingerprint density at radius 3 is 2.62 bits per heavy atom. The first-order valence-electron chi connectivity index (χ1n) is 7.42. The maximum atomic E-state index is 13.0. The Hall–Kier alpha value is -1.11. The first-order chi connectivity index (χ1) is 10.0. The molecule has 1 heterocycles. The number of piperazine rings is 1. The number of benzene rings is 1. The Balaban J connectivity index is 2.40. The Kier molecular flexibility index (Phi) is 5.24. The minimum atomic E-state index is -3.54. The van der Waals surface area contributed by atoms with Gasteiger partial charge in [-0.05, 0) is 25.0 Å². The molecule has 2 atom stereocenters. The van der Waals surface area contributed by atoms with Gasteiger partial charge in [0.05, 0.1) is 7.11 Å². The van der Waals surface area contributed by atoms with Crippen LogP contribution in [-0.4, -0.2) is 45.0 Å². The molecule has 2 unspecified atom stereocenters. The number of rotatable bonds is 5. The molecule has 1 saturated heterocycles. The lowest BCUT2D eigenvalue weighted by atomic mass is 10.1. The van der Waals surface area contributed by atoms with E-state index in [1.54, 1.807) is 28.6 Å². The molecule has 0 aromatic heterocycles. The third kappa shape index (κ3) is 3.22. The molecule has 1 aliphatic heterocycles. The van der Waals surface area contributed by atoms with Gasteiger partial charge in [0.1, 0.15) is 10.6 Å². The zero-order valence-corrected chi connectivity index (χ0v) is 13.7. The summed E-state index contributed by atoms with van der Waals surface area (Å²) in [6, 6.07) is 7.01. The van der Waals surface area contributed by atoms with Crippen molar-refractivity contribution in [1.29, 1.82) is 0 Å². The first-order valence-corrected chi connectivity index (χ1v) is 8.86. The van der Waals surface area contributed by atoms with Gasteiger partial charge in [0, 0.05) is 25.2 Å². The number of nitrogens with one attached hydrogen (secondary N) is 1. The van der Waals surface area contributed by atoms with Gasteiger partial charge in [-0.3, -0.25) is 0 Å². The summed E-state index contributed by atoms with van der Waals surface area (Å²) in [6.45, 7) is 5.29. The summed E-state index contributed by atoms with van der Waals surface area (Å²) in [7, 11) is -2.04. The van der Waals surface area contributed by atoms with E-state index in [1.165, 1.54) is 7.11 Å². The highest BCUT2D eigenvalue weighted by Gasteiger charge is 2.36. The van der Waals surface area contributed by atoms with E-state index in [-0.39, 0.29) is 17.0 Å². The predicted molar refractivity (Wildman–Crippen MR) is 83.0 cm³/mol. The van der Waals surface area contributed by atoms with E-state index in [2.05, 4.69) is 12.2 Å². The quantitative estimate of drug-likeness (QED) is 0.901. The van der Waals surface area contributed by atoms with Gasteiger partial charge in [-0.2, -0.15) is 4.31 Å². The highest BCUT2D eigenvalue weighted by molar-refractivity contribution is 7.89. The fraction of sp³-hybridized carbons (Fsp3) is 0.600. The van der Waals surface area contributed by atoms with Gasteiger partial charge in [-0.1, -0.05) is 26.0 Å². The summed E-state index contributed by atoms with van der Waals surface area (Å²) < 4.78 is 32.9. The molecule has 0 bridgehead atoms. The molecule has 118 valence electrons. The second kappa shape index (κ2) is 6.77. The zero-order valence-electron chi connectivity index (χ0n) is 12.9. The van der Waals surface area contributed by atoms with E-state index >= 15 is 0 Å². The van der Waals surface area contributed by atoms with Crippen LogP contribution in [0.2, 0.25) is 0 Å². The standard InChI is InChI=1S/C15H24N2O3S/c1-4-12-11-17(13(5-2)10-16-12)21(18,19)15-9-7-6-8-14(15)20-3/h6-9,12-13,16H,4-5,10-11H2,1-3H3. The van der Waals surface area contributed by atoms with Crippen molar-refractivity contribution in [2.24, 2.45) is 0 Å². The molecule has 0 amide bonds. The predicted octanol–water partition coefficient (Wildman–Crippen LogP) is 1.85. The molecule has 5 nitrogen and oxygen atoms in total. The largest absolute Gasteiger partial charge is 0.495 e. The second-order valence-corrected chi connectivity index (χ2v) is 7.16. The second-order valence-electron chi connectivity index (χ2n) is 5.30. The Morgan fingerprint density at radius 2 is 2.00 bits per heavy atom. The van der Waals surface area contributed by atoms with Crippen LogP contribution in [0.5, 0.6) is 5.75 Å². The number of hydrogen-bond donors (Lipinski definition) is 1. The minimum absolute atomic E-state index is 0.0114. The van der Waals surface area contributed by atoms with Crippen molar-refractivity contribution in [3.63, 3.8) is 0 Å². The van der Waals surface area contributed by atoms with Crippen molar-refractivity contribution in [3.8, 4) is 5.75 Å². The highest BCUT2D eigenvalue weighted by atomic mass is 32.2. The first kappa shape index (κ1) is 16.3. The molecule has 0 saturated carbocycles. The van der Waals surface area contributed by atoms with Crippen molar-refractivity contribution in [1.82, 2.24) is 9.62 Å². The summed E-state index contributed by atoms with van der Waals surface area (Å²) in [6.07, 6.45) is 1.70. The van der Waals surface area contributed by atoms with E-state index in [0.29, 0.717) is 18.8 Å². The minimum Gasteiger partial charge on any atom is -0.495 e. The maximum absolute atomic E-state index is 13.0. The lowest BCUT2D eigenvalue weighted by Crippen LogP contribution is -2.57. The summed E-state index contributed by atoms with van der Waals surface area (Å²) in [4.78, 5) is 0.253. The lowest BCUT2D eigenvalue weighted by molar-refractivity contribution is 0.215. The van der Waals surface area contributed by atoms with Gasteiger partial charge in [0.15, 0.2) is 0 Å². The van der Waals surface area contributed by atoms with Crippen LogP contribution in [-0.2, 0) is 10.0 Å². The SMILES string of the molecule is CCC1CN(S(=O)(=O)c2ccccc2OC)C(CC)CN1. The van der Waals surface area contributed by atoms with E-state index in [4.69, 9.17) is 4.74 Å². The molecule has 2 rings (SSSR count). The maximum Gasteiger partial charge on any atom is 0.247 e. The molecule has 1 aromatic carbocycles. The van der Waals surface area contributed by atoms with E-state index in [9.17, 15) is 8.42 Å². The Bertz CT molecular complexity index is 574. The number of hydrogen-bond acceptors (Lipinski definition) is 4. The monoisotopic (exact) mass is 312 g/mol. The summed E-state index contributed by atoms with van der Waals surface area (Å²) >= 11 is 0. The molecular weight excluding hydrogens is 288 g/mol. The molecular formula is C15H24N2O3S. The number of methoxy groups -OCH3 is 1. The van der Waals surface area contributed by atoms with Gasteiger partial charge >= 0.3 is 0 Å². The van der Waals surface area contributed by atoms with Gasteiger partial charge < -0.3 is 10.1 Å². The Morgan fingerprint density at radius 1 is 1.29 bits per heavy atom. The average Bonchev–Trinajstić information content (AvgIpc) is 2.54. The molecule has 1 aliphatic rings. The van der Waals surface area contributed by atoms with Crippen LogP contribution in [0.1, 0.15) is 26.7 Å². The molecule has 21 heavy (non-hydrogen) atoms. The van der Waals surface area contributed by atoms with Crippen molar-refractivity contribution < 1.29 is 13.2 Å². The van der Waals surface area contributed by atoms with E-state index in [1.807, 2.05) is 6.92 Å². The molecule has 1 N–H and O–H groups in total. The van der Waals surface area contributed by atoms with Crippen molar-refractivity contribution in [2.45, 2.75) is 43.7 Å². The van der Waals surface area contributed by atoms with Gasteiger partial charge in [0.2, 0.25) is 10.0 Å². The van der Waals surface area contributed by atoms with Crippen molar-refractivity contribution in [2.75, 3.05) is 20.2 Å². The van der Waals surface area contributed by atoms with Crippen LogP contribution in [0.15, 0.2) is 29.2 Å². The normalized spacial score (nSPS) is 24.0. The summed E-state index contributed by atoms with van der Waals surface area (Å²) in [5, 5.41) is 3.41. The highest BCUT2D eigenvalue weighted by Crippen LogP contribution is 2.29. The molecule has 0 spiro atoms. The molecule has 0 aliphatic carbocycles. The zero-order chi connectivity index (χ0) is 15.5. The van der Waals surface area contributed by atoms with Crippen molar-refractivity contribution >= 4 is 10.0 Å². The average molecular weight is 312 g/mol. The van der Waals surface area contributed by atoms with E-state index < -0.39 is 10.0 Å². The third-order valence-corrected chi connectivity index (χ3v) is 6.03. The van der Waals surface area contributed by atoms with Crippen LogP contribution in [0, 0.1) is 0 Å². The van der Waals surface area contributed by atoms with E-state index in [0.717, 1.165) is 12.8 Å². The van der Waals surface area contributed by atoms with Crippen LogP contribution < -0.4 is 10.1 Å². The van der Waals surface area contributed by atoms with Crippen LogP contribution >= 0.6 is 0 Å². The molecule has 0 radical (unpaired) electrons. The smallest absolute Gasteiger partial charge is 0.247 e. The number of nitrogens with zero attached hydrogens (tertiary/aromatic N) is 1.